The predicted octanol–water partition coefficient (Wildman–Crippen LogP) is 5.56. The molecular weight excluding hydrogens is 650 g/mol. The minimum atomic E-state index is -1.14. The molecular formula is C32H28BrN3O7S. The Morgan fingerprint density at radius 2 is 1.82 bits per heavy atom. The van der Waals surface area contributed by atoms with Gasteiger partial charge < -0.3 is 14.2 Å². The number of hydrogen-bond donors (Lipinski definition) is 0. The molecule has 1 atom stereocenters. The molecule has 0 amide bonds. The first kappa shape index (κ1) is 30.9. The highest BCUT2D eigenvalue weighted by Crippen LogP contribution is 2.43. The molecule has 4 aromatic rings. The number of hydrogen-bond acceptors (Lipinski definition) is 9. The molecule has 0 bridgehead atoms. The quantitative estimate of drug-likeness (QED) is 0.122. The van der Waals surface area contributed by atoms with Crippen LogP contribution in [0.5, 0.6) is 11.5 Å². The molecule has 1 aliphatic rings. The standard InChI is InChI=1S/C32H28BrN3O7S/c1-4-41-25-16-23(24(36(39)40)17-26(25)43-18-20-10-7-6-8-11-20)29-28(31(38)42-5-2)19(3)35-30(37)27(44-32(35)34-29)15-21-12-9-13-22(33)14-21/h6-17,29H,4-5,18H2,1-3H3/b27-15-/t29-/m0/s1. The average Bonchev–Trinajstić information content (AvgIpc) is 3.31. The molecule has 226 valence electrons. The van der Waals surface area contributed by atoms with Crippen molar-refractivity contribution in [2.24, 2.45) is 4.99 Å². The highest BCUT2D eigenvalue weighted by Gasteiger charge is 2.36. The molecule has 0 fully saturated rings. The number of rotatable bonds is 10. The number of esters is 1. The lowest BCUT2D eigenvalue weighted by molar-refractivity contribution is -0.385. The van der Waals surface area contributed by atoms with Gasteiger partial charge in [-0.05, 0) is 56.2 Å². The molecule has 12 heteroatoms. The zero-order valence-corrected chi connectivity index (χ0v) is 26.5. The Morgan fingerprint density at radius 3 is 2.50 bits per heavy atom. The molecule has 0 saturated heterocycles. The molecule has 1 aromatic heterocycles. The lowest BCUT2D eigenvalue weighted by Crippen LogP contribution is -2.35. The fraction of sp³-hybridized carbons (Fsp3) is 0.219. The number of carbonyl (C=O) groups is 1. The lowest BCUT2D eigenvalue weighted by atomic mass is 9.94. The van der Waals surface area contributed by atoms with Crippen molar-refractivity contribution in [2.45, 2.75) is 33.4 Å². The summed E-state index contributed by atoms with van der Waals surface area (Å²) >= 11 is 4.57. The van der Waals surface area contributed by atoms with Crippen LogP contribution in [0.3, 0.4) is 0 Å². The first-order valence-corrected chi connectivity index (χ1v) is 15.4. The third-order valence-corrected chi connectivity index (χ3v) is 8.28. The van der Waals surface area contributed by atoms with Crippen molar-refractivity contribution >= 4 is 50.7 Å². The summed E-state index contributed by atoms with van der Waals surface area (Å²) in [5, 5.41) is 12.5. The number of benzene rings is 3. The number of aromatic nitrogens is 1. The van der Waals surface area contributed by atoms with Gasteiger partial charge >= 0.3 is 5.97 Å². The van der Waals surface area contributed by atoms with E-state index in [1.807, 2.05) is 54.6 Å². The number of nitro benzene ring substituents is 1. The van der Waals surface area contributed by atoms with Gasteiger partial charge in [0.1, 0.15) is 12.6 Å². The number of allylic oxidation sites excluding steroid dienone is 1. The molecule has 2 heterocycles. The molecule has 5 rings (SSSR count). The SMILES string of the molecule is CCOC(=O)C1=C(C)n2c(s/c(=C\c3cccc(Br)c3)c2=O)=N[C@H]1c1cc(OCC)c(OCc2ccccc2)cc1[N+](=O)[O-]. The van der Waals surface area contributed by atoms with Crippen molar-refractivity contribution in [3.05, 3.63) is 123 Å². The van der Waals surface area contributed by atoms with Crippen LogP contribution in [0.2, 0.25) is 0 Å². The van der Waals surface area contributed by atoms with Gasteiger partial charge in [0, 0.05) is 10.2 Å². The average molecular weight is 679 g/mol. The van der Waals surface area contributed by atoms with E-state index < -0.39 is 16.9 Å². The van der Waals surface area contributed by atoms with Gasteiger partial charge in [-0.25, -0.2) is 9.79 Å². The molecule has 0 saturated carbocycles. The van der Waals surface area contributed by atoms with Crippen LogP contribution in [-0.2, 0) is 16.1 Å². The van der Waals surface area contributed by atoms with Crippen LogP contribution >= 0.6 is 27.3 Å². The summed E-state index contributed by atoms with van der Waals surface area (Å²) in [6, 6.07) is 18.5. The van der Waals surface area contributed by atoms with E-state index in [9.17, 15) is 19.7 Å². The molecule has 0 spiro atoms. The van der Waals surface area contributed by atoms with E-state index in [-0.39, 0.29) is 59.4 Å². The van der Waals surface area contributed by atoms with Crippen LogP contribution in [-0.4, -0.2) is 28.7 Å². The van der Waals surface area contributed by atoms with Crippen molar-refractivity contribution in [3.8, 4) is 11.5 Å². The minimum absolute atomic E-state index is 0.0248. The zero-order chi connectivity index (χ0) is 31.4. The van der Waals surface area contributed by atoms with Gasteiger partial charge in [0.2, 0.25) is 0 Å². The summed E-state index contributed by atoms with van der Waals surface area (Å²) in [5.41, 5.74) is 1.41. The van der Waals surface area contributed by atoms with Crippen LogP contribution in [0, 0.1) is 10.1 Å². The Bertz CT molecular complexity index is 1950. The van der Waals surface area contributed by atoms with Gasteiger partial charge in [-0.2, -0.15) is 0 Å². The maximum atomic E-state index is 13.6. The van der Waals surface area contributed by atoms with Crippen molar-refractivity contribution in [1.29, 1.82) is 0 Å². The number of ether oxygens (including phenoxy) is 3. The topological polar surface area (TPSA) is 122 Å². The van der Waals surface area contributed by atoms with Gasteiger partial charge in [-0.15, -0.1) is 0 Å². The summed E-state index contributed by atoms with van der Waals surface area (Å²) in [5.74, 6) is -0.283. The summed E-state index contributed by atoms with van der Waals surface area (Å²) < 4.78 is 19.8. The number of thiazole rings is 1. The highest BCUT2D eigenvalue weighted by molar-refractivity contribution is 9.10. The molecule has 44 heavy (non-hydrogen) atoms. The summed E-state index contributed by atoms with van der Waals surface area (Å²) in [6.07, 6.45) is 1.74. The molecule has 10 nitrogen and oxygen atoms in total. The minimum Gasteiger partial charge on any atom is -0.490 e. The largest absolute Gasteiger partial charge is 0.490 e. The Morgan fingerprint density at radius 1 is 1.07 bits per heavy atom. The second-order valence-electron chi connectivity index (χ2n) is 9.66. The van der Waals surface area contributed by atoms with E-state index in [0.29, 0.717) is 9.33 Å². The molecule has 3 aromatic carbocycles. The van der Waals surface area contributed by atoms with E-state index in [1.165, 1.54) is 16.7 Å². The van der Waals surface area contributed by atoms with Gasteiger partial charge in [0.05, 0.1) is 39.9 Å². The molecule has 0 unspecified atom stereocenters. The van der Waals surface area contributed by atoms with E-state index in [2.05, 4.69) is 15.9 Å². The third-order valence-electron chi connectivity index (χ3n) is 6.81. The van der Waals surface area contributed by atoms with Gasteiger partial charge in [0.15, 0.2) is 16.3 Å². The van der Waals surface area contributed by atoms with E-state index in [0.717, 1.165) is 26.9 Å². The number of halogens is 1. The fourth-order valence-electron chi connectivity index (χ4n) is 4.85. The van der Waals surface area contributed by atoms with Crippen molar-refractivity contribution in [2.75, 3.05) is 13.2 Å². The van der Waals surface area contributed by atoms with Gasteiger partial charge in [-0.1, -0.05) is 69.7 Å². The lowest BCUT2D eigenvalue weighted by Gasteiger charge is -2.23. The molecule has 0 radical (unpaired) electrons. The second kappa shape index (κ2) is 13.4. The molecule has 0 aliphatic carbocycles. The normalized spacial score (nSPS) is 14.5. The van der Waals surface area contributed by atoms with Gasteiger partial charge in [0.25, 0.3) is 11.2 Å². The maximum absolute atomic E-state index is 13.6. The van der Waals surface area contributed by atoms with Crippen LogP contribution in [0.25, 0.3) is 11.8 Å². The fourth-order valence-corrected chi connectivity index (χ4v) is 6.31. The number of carbonyl (C=O) groups excluding carboxylic acids is 1. The smallest absolute Gasteiger partial charge is 0.338 e. The Balaban J connectivity index is 1.70. The Labute approximate surface area is 264 Å². The number of nitrogens with zero attached hydrogens (tertiary/aromatic N) is 3. The van der Waals surface area contributed by atoms with Gasteiger partial charge in [-0.3, -0.25) is 19.5 Å². The first-order valence-electron chi connectivity index (χ1n) is 13.8. The monoisotopic (exact) mass is 677 g/mol. The van der Waals surface area contributed by atoms with Crippen molar-refractivity contribution in [1.82, 2.24) is 4.57 Å². The van der Waals surface area contributed by atoms with Crippen molar-refractivity contribution < 1.29 is 23.9 Å². The van der Waals surface area contributed by atoms with Crippen LogP contribution in [0.15, 0.2) is 86.6 Å². The Kier molecular flexibility index (Phi) is 9.40. The third kappa shape index (κ3) is 6.36. The van der Waals surface area contributed by atoms with E-state index >= 15 is 0 Å². The molecule has 1 aliphatic heterocycles. The number of nitro groups is 1. The molecule has 0 N–H and O–H groups in total. The first-order chi connectivity index (χ1) is 21.2. The highest BCUT2D eigenvalue weighted by atomic mass is 79.9. The van der Waals surface area contributed by atoms with Crippen LogP contribution < -0.4 is 24.4 Å². The maximum Gasteiger partial charge on any atom is 0.338 e. The number of fused-ring (bicyclic) bond motifs is 1. The van der Waals surface area contributed by atoms with Crippen LogP contribution in [0.1, 0.15) is 43.5 Å². The summed E-state index contributed by atoms with van der Waals surface area (Å²) in [7, 11) is 0. The second-order valence-corrected chi connectivity index (χ2v) is 11.6. The zero-order valence-electron chi connectivity index (χ0n) is 24.1. The summed E-state index contributed by atoms with van der Waals surface area (Å²) in [4.78, 5) is 43.9. The van der Waals surface area contributed by atoms with Crippen LogP contribution in [0.4, 0.5) is 5.69 Å². The van der Waals surface area contributed by atoms with Crippen molar-refractivity contribution in [3.63, 3.8) is 0 Å². The van der Waals surface area contributed by atoms with E-state index in [4.69, 9.17) is 19.2 Å². The van der Waals surface area contributed by atoms with E-state index in [1.54, 1.807) is 26.8 Å². The predicted molar refractivity (Wildman–Crippen MR) is 170 cm³/mol. The summed E-state index contributed by atoms with van der Waals surface area (Å²) in [6.45, 7) is 5.55. The Hall–Kier alpha value is -4.55.